The first-order valence-electron chi connectivity index (χ1n) is 12.3. The molecule has 2 aromatic carbocycles. The third-order valence-corrected chi connectivity index (χ3v) is 8.13. The van der Waals surface area contributed by atoms with Crippen LogP contribution in [0, 0.1) is 37.5 Å². The number of likely N-dealkylation sites (tertiary alicyclic amines) is 1. The normalized spacial score (nSPS) is 26.0. The number of aliphatic hydroxyl groups is 1. The number of fused-ring (bicyclic) bond motifs is 1. The number of amides is 2. The summed E-state index contributed by atoms with van der Waals surface area (Å²) in [5.41, 5.74) is 2.21. The van der Waals surface area contributed by atoms with Crippen molar-refractivity contribution in [1.29, 1.82) is 0 Å². The van der Waals surface area contributed by atoms with E-state index in [2.05, 4.69) is 11.4 Å². The molecule has 2 saturated carbocycles. The van der Waals surface area contributed by atoms with Crippen LogP contribution < -0.4 is 5.32 Å². The summed E-state index contributed by atoms with van der Waals surface area (Å²) < 4.78 is 0. The average Bonchev–Trinajstić information content (AvgIpc) is 3.22. The van der Waals surface area contributed by atoms with Gasteiger partial charge in [0.15, 0.2) is 5.60 Å². The van der Waals surface area contributed by atoms with Crippen LogP contribution in [0.15, 0.2) is 48.5 Å². The zero-order valence-corrected chi connectivity index (χ0v) is 19.6. The predicted octanol–water partition coefficient (Wildman–Crippen LogP) is 3.82. The van der Waals surface area contributed by atoms with E-state index in [4.69, 9.17) is 0 Å². The molecule has 174 valence electrons. The summed E-state index contributed by atoms with van der Waals surface area (Å²) >= 11 is 0. The van der Waals surface area contributed by atoms with Gasteiger partial charge < -0.3 is 15.3 Å². The quantitative estimate of drug-likeness (QED) is 0.709. The third-order valence-electron chi connectivity index (χ3n) is 8.13. The van der Waals surface area contributed by atoms with Crippen LogP contribution in [0.4, 0.5) is 0 Å². The van der Waals surface area contributed by atoms with E-state index >= 15 is 0 Å². The molecule has 1 aliphatic heterocycles. The molecule has 2 amide bonds. The van der Waals surface area contributed by atoms with Crippen LogP contribution in [-0.2, 0) is 10.4 Å². The second-order valence-electron chi connectivity index (χ2n) is 10.4. The van der Waals surface area contributed by atoms with Gasteiger partial charge in [0.05, 0.1) is 0 Å². The van der Waals surface area contributed by atoms with Crippen LogP contribution in [0.25, 0.3) is 0 Å². The number of aryl methyl sites for hydroxylation is 2. The SMILES string of the molecule is Cc1cc(C)cc(C(=O)N2CC3[C@H](CNC(=O)C(O)(c4ccccc4)C4CCCC4)[C@H]3C2)c1. The maximum absolute atomic E-state index is 13.3. The zero-order valence-electron chi connectivity index (χ0n) is 19.6. The van der Waals surface area contributed by atoms with Crippen molar-refractivity contribution in [3.8, 4) is 0 Å². The Morgan fingerprint density at radius 2 is 1.61 bits per heavy atom. The summed E-state index contributed by atoms with van der Waals surface area (Å²) in [6, 6.07) is 15.4. The monoisotopic (exact) mass is 446 g/mol. The number of hydrogen-bond donors (Lipinski definition) is 2. The Hall–Kier alpha value is -2.66. The van der Waals surface area contributed by atoms with Crippen LogP contribution in [0.5, 0.6) is 0 Å². The van der Waals surface area contributed by atoms with Crippen molar-refractivity contribution in [3.05, 3.63) is 70.8 Å². The highest BCUT2D eigenvalue weighted by Gasteiger charge is 2.57. The van der Waals surface area contributed by atoms with Gasteiger partial charge in [0.2, 0.25) is 0 Å². The van der Waals surface area contributed by atoms with E-state index < -0.39 is 5.60 Å². The molecule has 5 rings (SSSR count). The Labute approximate surface area is 196 Å². The fourth-order valence-corrected chi connectivity index (χ4v) is 6.33. The first-order valence-corrected chi connectivity index (χ1v) is 12.3. The summed E-state index contributed by atoms with van der Waals surface area (Å²) in [5, 5.41) is 14.7. The van der Waals surface area contributed by atoms with Gasteiger partial charge in [-0.05, 0) is 62.1 Å². The average molecular weight is 447 g/mol. The lowest BCUT2D eigenvalue weighted by Gasteiger charge is -2.33. The summed E-state index contributed by atoms with van der Waals surface area (Å²) in [6.45, 7) is 6.12. The molecule has 4 atom stereocenters. The minimum Gasteiger partial charge on any atom is -0.375 e. The van der Waals surface area contributed by atoms with Crippen LogP contribution >= 0.6 is 0 Å². The number of hydrogen-bond acceptors (Lipinski definition) is 3. The summed E-state index contributed by atoms with van der Waals surface area (Å²) in [6.07, 6.45) is 3.88. The Morgan fingerprint density at radius 3 is 2.21 bits per heavy atom. The van der Waals surface area contributed by atoms with Crippen molar-refractivity contribution in [2.75, 3.05) is 19.6 Å². The van der Waals surface area contributed by atoms with Gasteiger partial charge in [-0.1, -0.05) is 60.4 Å². The van der Waals surface area contributed by atoms with E-state index in [0.29, 0.717) is 29.9 Å². The Morgan fingerprint density at radius 1 is 1.00 bits per heavy atom. The van der Waals surface area contributed by atoms with E-state index in [1.54, 1.807) is 0 Å². The summed E-state index contributed by atoms with van der Waals surface area (Å²) in [5.74, 6) is 1.07. The zero-order chi connectivity index (χ0) is 23.2. The smallest absolute Gasteiger partial charge is 0.256 e. The topological polar surface area (TPSA) is 69.6 Å². The van der Waals surface area contributed by atoms with E-state index in [0.717, 1.165) is 55.5 Å². The van der Waals surface area contributed by atoms with E-state index in [9.17, 15) is 14.7 Å². The number of nitrogens with zero attached hydrogens (tertiary/aromatic N) is 1. The number of piperidine rings is 1. The van der Waals surface area contributed by atoms with E-state index in [1.807, 2.05) is 61.2 Å². The van der Waals surface area contributed by atoms with Crippen molar-refractivity contribution < 1.29 is 14.7 Å². The second kappa shape index (κ2) is 8.60. The Balaban J connectivity index is 1.19. The molecular weight excluding hydrogens is 412 g/mol. The van der Waals surface area contributed by atoms with Gasteiger partial charge >= 0.3 is 0 Å². The van der Waals surface area contributed by atoms with Gasteiger partial charge in [-0.25, -0.2) is 0 Å². The number of carbonyl (C=O) groups is 2. The Bertz CT molecular complexity index is 1010. The maximum Gasteiger partial charge on any atom is 0.256 e. The van der Waals surface area contributed by atoms with Crippen molar-refractivity contribution in [3.63, 3.8) is 0 Å². The van der Waals surface area contributed by atoms with Crippen LogP contribution in [0.3, 0.4) is 0 Å². The van der Waals surface area contributed by atoms with Crippen LogP contribution in [0.1, 0.15) is 52.7 Å². The summed E-state index contributed by atoms with van der Waals surface area (Å²) in [4.78, 5) is 28.2. The van der Waals surface area contributed by atoms with Gasteiger partial charge in [-0.15, -0.1) is 0 Å². The first kappa shape index (κ1) is 22.1. The number of rotatable bonds is 6. The number of nitrogens with one attached hydrogen (secondary N) is 1. The minimum atomic E-state index is -1.47. The fourth-order valence-electron chi connectivity index (χ4n) is 6.33. The maximum atomic E-state index is 13.3. The highest BCUT2D eigenvalue weighted by molar-refractivity contribution is 5.95. The lowest BCUT2D eigenvalue weighted by molar-refractivity contribution is -0.147. The predicted molar refractivity (Wildman–Crippen MR) is 128 cm³/mol. The molecule has 0 spiro atoms. The van der Waals surface area contributed by atoms with Crippen LogP contribution in [0.2, 0.25) is 0 Å². The molecule has 1 heterocycles. The van der Waals surface area contributed by atoms with Crippen molar-refractivity contribution in [2.24, 2.45) is 23.7 Å². The molecule has 2 aliphatic carbocycles. The highest BCUT2D eigenvalue weighted by Crippen LogP contribution is 2.51. The standard InChI is InChI=1S/C28H34N2O3/c1-18-12-19(2)14-20(13-18)26(31)30-16-24-23(25(24)17-30)15-29-27(32)28(33,22-10-6-7-11-22)21-8-4-3-5-9-21/h3-5,8-9,12-14,22-25,33H,6-7,10-11,15-17H2,1-2H3,(H,29,32)/t23-,24-,25?,28?/m1/s1. The molecular formula is C28H34N2O3. The summed E-state index contributed by atoms with van der Waals surface area (Å²) in [7, 11) is 0. The molecule has 0 bridgehead atoms. The molecule has 33 heavy (non-hydrogen) atoms. The molecule has 2 N–H and O–H groups in total. The molecule has 5 nitrogen and oxygen atoms in total. The number of benzene rings is 2. The second-order valence-corrected chi connectivity index (χ2v) is 10.4. The van der Waals surface area contributed by atoms with Gasteiger partial charge in [0.1, 0.15) is 0 Å². The lowest BCUT2D eigenvalue weighted by atomic mass is 9.79. The fraction of sp³-hybridized carbons (Fsp3) is 0.500. The third kappa shape index (κ3) is 4.08. The molecule has 5 heteroatoms. The van der Waals surface area contributed by atoms with Gasteiger partial charge in [-0.2, -0.15) is 0 Å². The largest absolute Gasteiger partial charge is 0.375 e. The van der Waals surface area contributed by atoms with E-state index in [-0.39, 0.29) is 17.7 Å². The van der Waals surface area contributed by atoms with Gasteiger partial charge in [-0.3, -0.25) is 9.59 Å². The van der Waals surface area contributed by atoms with Crippen molar-refractivity contribution >= 4 is 11.8 Å². The highest BCUT2D eigenvalue weighted by atomic mass is 16.3. The van der Waals surface area contributed by atoms with Crippen LogP contribution in [-0.4, -0.2) is 41.5 Å². The Kier molecular flexibility index (Phi) is 5.77. The van der Waals surface area contributed by atoms with Crippen molar-refractivity contribution in [2.45, 2.75) is 45.1 Å². The minimum absolute atomic E-state index is 0.0375. The molecule has 3 aliphatic rings. The first-order chi connectivity index (χ1) is 15.9. The number of carbonyl (C=O) groups excluding carboxylic acids is 2. The van der Waals surface area contributed by atoms with Crippen molar-refractivity contribution in [1.82, 2.24) is 10.2 Å². The van der Waals surface area contributed by atoms with E-state index in [1.165, 1.54) is 0 Å². The molecule has 1 saturated heterocycles. The van der Waals surface area contributed by atoms with Gasteiger partial charge in [0.25, 0.3) is 11.8 Å². The molecule has 0 radical (unpaired) electrons. The lowest BCUT2D eigenvalue weighted by Crippen LogP contribution is -2.49. The molecule has 0 aromatic heterocycles. The molecule has 3 fully saturated rings. The molecule has 2 unspecified atom stereocenters. The molecule has 2 aromatic rings. The van der Waals surface area contributed by atoms with Gasteiger partial charge in [0, 0.05) is 31.1 Å².